The van der Waals surface area contributed by atoms with E-state index in [4.69, 9.17) is 9.72 Å². The second-order valence-electron chi connectivity index (χ2n) is 7.20. The quantitative estimate of drug-likeness (QED) is 0.681. The summed E-state index contributed by atoms with van der Waals surface area (Å²) in [6.45, 7) is 6.30. The number of nitrogens with zero attached hydrogens (tertiary/aromatic N) is 4. The lowest BCUT2D eigenvalue weighted by Crippen LogP contribution is -2.41. The Morgan fingerprint density at radius 1 is 1.21 bits per heavy atom. The molecule has 3 aliphatic rings. The van der Waals surface area contributed by atoms with E-state index in [0.717, 1.165) is 30.8 Å². The lowest BCUT2D eigenvalue weighted by molar-refractivity contribution is 0.129. The number of anilines is 1. The molecule has 0 fully saturated rings. The molecule has 0 radical (unpaired) electrons. The lowest BCUT2D eigenvalue weighted by Gasteiger charge is -2.30. The highest BCUT2D eigenvalue weighted by molar-refractivity contribution is 5.69. The van der Waals surface area contributed by atoms with Crippen molar-refractivity contribution in [3.63, 3.8) is 0 Å². The number of ether oxygens (including phenoxy) is 1. The van der Waals surface area contributed by atoms with Crippen molar-refractivity contribution in [1.29, 1.82) is 0 Å². The zero-order valence-corrected chi connectivity index (χ0v) is 16.5. The van der Waals surface area contributed by atoms with Crippen LogP contribution in [0.3, 0.4) is 0 Å². The molecule has 7 heteroatoms. The van der Waals surface area contributed by atoms with Crippen molar-refractivity contribution in [3.8, 4) is 11.5 Å². The van der Waals surface area contributed by atoms with E-state index in [1.807, 2.05) is 17.6 Å². The first kappa shape index (κ1) is 18.7. The molecule has 0 unspecified atom stereocenters. The van der Waals surface area contributed by atoms with Crippen molar-refractivity contribution in [2.24, 2.45) is 0 Å². The maximum Gasteiger partial charge on any atom is 0.331 e. The fourth-order valence-corrected chi connectivity index (χ4v) is 3.83. The Morgan fingerprint density at radius 2 is 2.04 bits per heavy atom. The number of fused-ring (bicyclic) bond motifs is 3. The first-order valence-electron chi connectivity index (χ1n) is 10.1. The van der Waals surface area contributed by atoms with Gasteiger partial charge in [0, 0.05) is 25.7 Å². The molecular formula is C21H27N5O2. The molecule has 0 aliphatic carbocycles. The van der Waals surface area contributed by atoms with Crippen LogP contribution < -0.4 is 11.0 Å². The summed E-state index contributed by atoms with van der Waals surface area (Å²) in [5.41, 5.74) is 2.04. The molecule has 7 nitrogen and oxygen atoms in total. The third kappa shape index (κ3) is 3.54. The Labute approximate surface area is 164 Å². The lowest BCUT2D eigenvalue weighted by atomic mass is 10.0. The molecule has 0 amide bonds. The first-order chi connectivity index (χ1) is 13.7. The second kappa shape index (κ2) is 8.14. The number of rotatable bonds is 7. The van der Waals surface area contributed by atoms with Crippen LogP contribution in [0.15, 0.2) is 35.1 Å². The fraction of sp³-hybridized carbons (Fsp3) is 0.476. The minimum atomic E-state index is -0.0159. The average molecular weight is 381 g/mol. The van der Waals surface area contributed by atoms with Crippen LogP contribution in [-0.2, 0) is 30.9 Å². The number of nitrogens with one attached hydrogen (secondary N) is 1. The van der Waals surface area contributed by atoms with Crippen LogP contribution in [0.2, 0.25) is 0 Å². The largest absolute Gasteiger partial charge is 0.374 e. The molecule has 1 atom stereocenters. The van der Waals surface area contributed by atoms with Crippen LogP contribution in [-0.4, -0.2) is 31.8 Å². The number of hydrogen-bond donors (Lipinski definition) is 1. The number of imidazole rings is 1. The number of aromatic nitrogens is 4. The van der Waals surface area contributed by atoms with Crippen LogP contribution in [0.5, 0.6) is 0 Å². The predicted molar refractivity (Wildman–Crippen MR) is 109 cm³/mol. The van der Waals surface area contributed by atoms with Crippen LogP contribution in [0, 0.1) is 0 Å². The van der Waals surface area contributed by atoms with Gasteiger partial charge in [0.15, 0.2) is 11.6 Å². The molecule has 0 saturated carbocycles. The van der Waals surface area contributed by atoms with E-state index in [2.05, 4.69) is 41.5 Å². The Kier molecular flexibility index (Phi) is 5.43. The van der Waals surface area contributed by atoms with Crippen molar-refractivity contribution in [1.82, 2.24) is 19.1 Å². The molecule has 0 saturated heterocycles. The maximum atomic E-state index is 13.1. The van der Waals surface area contributed by atoms with Crippen molar-refractivity contribution >= 4 is 5.82 Å². The molecule has 4 rings (SSSR count). The van der Waals surface area contributed by atoms with Gasteiger partial charge < -0.3 is 10.1 Å². The summed E-state index contributed by atoms with van der Waals surface area (Å²) >= 11 is 0. The van der Waals surface area contributed by atoms with Gasteiger partial charge >= 0.3 is 5.69 Å². The van der Waals surface area contributed by atoms with E-state index < -0.39 is 0 Å². The van der Waals surface area contributed by atoms with Gasteiger partial charge in [-0.05, 0) is 31.7 Å². The van der Waals surface area contributed by atoms with Crippen molar-refractivity contribution in [2.45, 2.75) is 58.8 Å². The first-order valence-corrected chi connectivity index (χ1v) is 10.1. The van der Waals surface area contributed by atoms with E-state index in [0.29, 0.717) is 38.0 Å². The van der Waals surface area contributed by atoms with Crippen molar-refractivity contribution in [3.05, 3.63) is 52.2 Å². The van der Waals surface area contributed by atoms with Gasteiger partial charge in [-0.3, -0.25) is 9.13 Å². The molecule has 3 heterocycles. The Bertz CT molecular complexity index is 963. The molecule has 1 aromatic rings. The third-order valence-electron chi connectivity index (χ3n) is 5.15. The molecular weight excluding hydrogens is 354 g/mol. The van der Waals surface area contributed by atoms with Crippen molar-refractivity contribution in [2.75, 3.05) is 11.9 Å². The maximum absolute atomic E-state index is 13.1. The highest BCUT2D eigenvalue weighted by Crippen LogP contribution is 2.30. The molecule has 1 N–H and O–H groups in total. The molecule has 148 valence electrons. The Hall–Kier alpha value is -2.67. The zero-order chi connectivity index (χ0) is 19.5. The summed E-state index contributed by atoms with van der Waals surface area (Å²) in [5, 5.41) is 3.57. The molecule has 0 aromatic heterocycles. The average Bonchev–Trinajstić information content (AvgIpc) is 3.14. The van der Waals surface area contributed by atoms with E-state index in [1.165, 1.54) is 5.56 Å². The van der Waals surface area contributed by atoms with Gasteiger partial charge in [0.1, 0.15) is 18.1 Å². The summed E-state index contributed by atoms with van der Waals surface area (Å²) in [7, 11) is 0. The second-order valence-corrected chi connectivity index (χ2v) is 7.20. The van der Waals surface area contributed by atoms with Crippen molar-refractivity contribution < 1.29 is 4.74 Å². The van der Waals surface area contributed by atoms with Crippen LogP contribution in [0.25, 0.3) is 11.5 Å². The Morgan fingerprint density at radius 3 is 2.79 bits per heavy atom. The molecule has 0 spiro atoms. The molecule has 1 aromatic carbocycles. The summed E-state index contributed by atoms with van der Waals surface area (Å²) in [6.07, 6.45) is 2.69. The van der Waals surface area contributed by atoms with E-state index >= 15 is 0 Å². The fourth-order valence-electron chi connectivity index (χ4n) is 3.83. The van der Waals surface area contributed by atoms with Gasteiger partial charge in [0.05, 0.1) is 0 Å². The summed E-state index contributed by atoms with van der Waals surface area (Å²) in [4.78, 5) is 22.4. The summed E-state index contributed by atoms with van der Waals surface area (Å²) < 4.78 is 9.05. The monoisotopic (exact) mass is 381 g/mol. The van der Waals surface area contributed by atoms with Gasteiger partial charge in [-0.25, -0.2) is 14.8 Å². The highest BCUT2D eigenvalue weighted by Gasteiger charge is 2.29. The highest BCUT2D eigenvalue weighted by atomic mass is 16.5. The zero-order valence-electron chi connectivity index (χ0n) is 16.5. The summed E-state index contributed by atoms with van der Waals surface area (Å²) in [6, 6.07) is 10.7. The van der Waals surface area contributed by atoms with Crippen LogP contribution in [0.1, 0.15) is 38.1 Å². The van der Waals surface area contributed by atoms with E-state index in [9.17, 15) is 4.79 Å². The normalized spacial score (nSPS) is 16.1. The number of benzene rings is 1. The van der Waals surface area contributed by atoms with Gasteiger partial charge in [-0.2, -0.15) is 0 Å². The third-order valence-corrected chi connectivity index (χ3v) is 5.15. The summed E-state index contributed by atoms with van der Waals surface area (Å²) in [5.74, 6) is 2.07. The van der Waals surface area contributed by atoms with Crippen LogP contribution in [0.4, 0.5) is 5.82 Å². The predicted octanol–water partition coefficient (Wildman–Crippen LogP) is 2.92. The molecule has 3 aliphatic heterocycles. The minimum Gasteiger partial charge on any atom is -0.374 e. The molecule has 0 bridgehead atoms. The smallest absolute Gasteiger partial charge is 0.331 e. The number of hydrogen-bond acceptors (Lipinski definition) is 5. The Balaban J connectivity index is 1.72. The minimum absolute atomic E-state index is 0.0159. The van der Waals surface area contributed by atoms with Gasteiger partial charge in [0.2, 0.25) is 0 Å². The van der Waals surface area contributed by atoms with Gasteiger partial charge in [0.25, 0.3) is 0 Å². The van der Waals surface area contributed by atoms with Crippen LogP contribution >= 0.6 is 0 Å². The van der Waals surface area contributed by atoms with Gasteiger partial charge in [-0.15, -0.1) is 0 Å². The van der Waals surface area contributed by atoms with E-state index in [-0.39, 0.29) is 11.7 Å². The van der Waals surface area contributed by atoms with Gasteiger partial charge in [-0.1, -0.05) is 37.3 Å². The SMILES string of the molecule is CCCn1c2nc(COCC)nc-2c2n(c1=O)CC[C@@H](Cc1ccccc1)N2. The van der Waals surface area contributed by atoms with E-state index in [1.54, 1.807) is 4.57 Å². The molecule has 28 heavy (non-hydrogen) atoms. The topological polar surface area (TPSA) is 74.0 Å². The standard InChI is InChI=1S/C21H27N5O2/c1-3-11-25-20-18(23-17(24-20)14-28-4-2)19-22-16(10-12-26(19)21(25)27)13-15-8-6-5-7-9-15/h5-9,16,22H,3-4,10-14H2,1-2H3/t16-/m0/s1.